The number of methoxy groups -OCH3 is 1. The molecule has 0 bridgehead atoms. The average molecular weight is 223 g/mol. The van der Waals surface area contributed by atoms with Crippen LogP contribution < -0.4 is 15.2 Å². The van der Waals surface area contributed by atoms with Crippen LogP contribution in [0, 0.1) is 0 Å². The largest absolute Gasteiger partial charge is 0.497 e. The van der Waals surface area contributed by atoms with Crippen molar-refractivity contribution in [1.29, 1.82) is 0 Å². The zero-order valence-corrected chi connectivity index (χ0v) is 10.3. The lowest BCUT2D eigenvalue weighted by Gasteiger charge is -2.18. The van der Waals surface area contributed by atoms with E-state index >= 15 is 0 Å². The van der Waals surface area contributed by atoms with Gasteiger partial charge in [-0.15, -0.1) is 0 Å². The zero-order valence-electron chi connectivity index (χ0n) is 10.3. The molecule has 0 radical (unpaired) electrons. The van der Waals surface area contributed by atoms with Gasteiger partial charge in [0.25, 0.3) is 0 Å². The van der Waals surface area contributed by atoms with E-state index in [2.05, 4.69) is 13.8 Å². The van der Waals surface area contributed by atoms with Crippen LogP contribution in [0.5, 0.6) is 11.5 Å². The molecule has 0 saturated carbocycles. The number of hydrogen-bond acceptors (Lipinski definition) is 3. The van der Waals surface area contributed by atoms with E-state index in [-0.39, 0.29) is 6.10 Å². The number of benzene rings is 1. The molecule has 0 aliphatic heterocycles. The van der Waals surface area contributed by atoms with Crippen molar-refractivity contribution in [1.82, 2.24) is 0 Å². The normalized spacial score (nSPS) is 10.6. The molecule has 1 aromatic carbocycles. The van der Waals surface area contributed by atoms with Crippen molar-refractivity contribution < 1.29 is 9.47 Å². The van der Waals surface area contributed by atoms with Gasteiger partial charge in [0.1, 0.15) is 11.5 Å². The molecule has 0 aliphatic carbocycles. The first-order valence-electron chi connectivity index (χ1n) is 5.78. The van der Waals surface area contributed by atoms with Crippen molar-refractivity contribution in [2.75, 3.05) is 7.11 Å². The van der Waals surface area contributed by atoms with Gasteiger partial charge in [-0.05, 0) is 31.0 Å². The molecule has 3 heteroatoms. The highest BCUT2D eigenvalue weighted by Crippen LogP contribution is 2.25. The summed E-state index contributed by atoms with van der Waals surface area (Å²) in [4.78, 5) is 0. The lowest BCUT2D eigenvalue weighted by atomic mass is 10.1. The first kappa shape index (κ1) is 12.8. The maximum Gasteiger partial charge on any atom is 0.124 e. The zero-order chi connectivity index (χ0) is 12.0. The summed E-state index contributed by atoms with van der Waals surface area (Å²) in [6.07, 6.45) is 2.28. The molecule has 3 nitrogen and oxygen atoms in total. The molecule has 0 aromatic heterocycles. The molecule has 0 heterocycles. The standard InChI is InChI=1S/C13H21NO2/c1-4-11(5-2)16-13-7-6-12(15-3)8-10(13)9-14/h6-8,11H,4-5,9,14H2,1-3H3. The number of rotatable bonds is 6. The van der Waals surface area contributed by atoms with Crippen molar-refractivity contribution in [3.63, 3.8) is 0 Å². The Morgan fingerprint density at radius 1 is 1.25 bits per heavy atom. The monoisotopic (exact) mass is 223 g/mol. The molecule has 0 atom stereocenters. The highest BCUT2D eigenvalue weighted by molar-refractivity contribution is 5.40. The van der Waals surface area contributed by atoms with Crippen LogP contribution in [0.2, 0.25) is 0 Å². The summed E-state index contributed by atoms with van der Waals surface area (Å²) >= 11 is 0. The highest BCUT2D eigenvalue weighted by Gasteiger charge is 2.09. The first-order chi connectivity index (χ1) is 7.74. The fourth-order valence-corrected chi connectivity index (χ4v) is 1.59. The van der Waals surface area contributed by atoms with Crippen LogP contribution >= 0.6 is 0 Å². The molecule has 2 N–H and O–H groups in total. The van der Waals surface area contributed by atoms with Crippen molar-refractivity contribution in [3.05, 3.63) is 23.8 Å². The van der Waals surface area contributed by atoms with Crippen molar-refractivity contribution in [2.45, 2.75) is 39.3 Å². The summed E-state index contributed by atoms with van der Waals surface area (Å²) in [6.45, 7) is 4.71. The van der Waals surface area contributed by atoms with E-state index in [1.54, 1.807) is 7.11 Å². The minimum absolute atomic E-state index is 0.263. The van der Waals surface area contributed by atoms with Gasteiger partial charge in [0.15, 0.2) is 0 Å². The second-order valence-corrected chi connectivity index (χ2v) is 3.73. The Morgan fingerprint density at radius 2 is 1.94 bits per heavy atom. The maximum absolute atomic E-state index is 5.90. The smallest absolute Gasteiger partial charge is 0.124 e. The quantitative estimate of drug-likeness (QED) is 0.806. The van der Waals surface area contributed by atoms with Crippen LogP contribution in [0.15, 0.2) is 18.2 Å². The summed E-state index contributed by atoms with van der Waals surface area (Å²) < 4.78 is 11.1. The van der Waals surface area contributed by atoms with E-state index in [4.69, 9.17) is 15.2 Å². The second-order valence-electron chi connectivity index (χ2n) is 3.73. The third-order valence-electron chi connectivity index (χ3n) is 2.69. The summed E-state index contributed by atoms with van der Waals surface area (Å²) in [5, 5.41) is 0. The van der Waals surface area contributed by atoms with Crippen LogP contribution in [-0.2, 0) is 6.54 Å². The van der Waals surface area contributed by atoms with Gasteiger partial charge in [-0.2, -0.15) is 0 Å². The van der Waals surface area contributed by atoms with E-state index < -0.39 is 0 Å². The van der Waals surface area contributed by atoms with E-state index in [0.29, 0.717) is 6.54 Å². The Balaban J connectivity index is 2.86. The predicted molar refractivity (Wildman–Crippen MR) is 65.9 cm³/mol. The molecule has 0 fully saturated rings. The highest BCUT2D eigenvalue weighted by atomic mass is 16.5. The minimum atomic E-state index is 0.263. The molecule has 16 heavy (non-hydrogen) atoms. The van der Waals surface area contributed by atoms with Gasteiger partial charge in [-0.25, -0.2) is 0 Å². The summed E-state index contributed by atoms with van der Waals surface area (Å²) in [6, 6.07) is 5.76. The SMILES string of the molecule is CCC(CC)Oc1ccc(OC)cc1CN. The molecule has 90 valence electrons. The molecular weight excluding hydrogens is 202 g/mol. The van der Waals surface area contributed by atoms with E-state index in [1.165, 1.54) is 0 Å². The van der Waals surface area contributed by atoms with Crippen LogP contribution in [0.1, 0.15) is 32.3 Å². The second kappa shape index (κ2) is 6.38. The van der Waals surface area contributed by atoms with Gasteiger partial charge in [0.2, 0.25) is 0 Å². The molecule has 0 aliphatic rings. The number of ether oxygens (including phenoxy) is 2. The molecule has 1 rings (SSSR count). The summed E-state index contributed by atoms with van der Waals surface area (Å²) in [5.41, 5.74) is 6.69. The van der Waals surface area contributed by atoms with Crippen molar-refractivity contribution in [2.24, 2.45) is 5.73 Å². The minimum Gasteiger partial charge on any atom is -0.497 e. The Kier molecular flexibility index (Phi) is 5.12. The maximum atomic E-state index is 5.90. The third kappa shape index (κ3) is 3.14. The fourth-order valence-electron chi connectivity index (χ4n) is 1.59. The van der Waals surface area contributed by atoms with Gasteiger partial charge >= 0.3 is 0 Å². The lowest BCUT2D eigenvalue weighted by molar-refractivity contribution is 0.191. The van der Waals surface area contributed by atoms with Crippen molar-refractivity contribution >= 4 is 0 Å². The third-order valence-corrected chi connectivity index (χ3v) is 2.69. The fraction of sp³-hybridized carbons (Fsp3) is 0.538. The summed E-state index contributed by atoms with van der Waals surface area (Å²) in [7, 11) is 1.65. The van der Waals surface area contributed by atoms with E-state index in [0.717, 1.165) is 29.9 Å². The molecular formula is C13H21NO2. The van der Waals surface area contributed by atoms with Gasteiger partial charge in [-0.1, -0.05) is 13.8 Å². The van der Waals surface area contributed by atoms with Gasteiger partial charge in [-0.3, -0.25) is 0 Å². The summed E-state index contributed by atoms with van der Waals surface area (Å²) in [5.74, 6) is 1.69. The van der Waals surface area contributed by atoms with Crippen LogP contribution in [-0.4, -0.2) is 13.2 Å². The van der Waals surface area contributed by atoms with E-state index in [9.17, 15) is 0 Å². The van der Waals surface area contributed by atoms with Gasteiger partial charge in [0, 0.05) is 12.1 Å². The molecule has 0 unspecified atom stereocenters. The Hall–Kier alpha value is -1.22. The van der Waals surface area contributed by atoms with Gasteiger partial charge < -0.3 is 15.2 Å². The molecule has 0 saturated heterocycles. The van der Waals surface area contributed by atoms with Crippen LogP contribution in [0.4, 0.5) is 0 Å². The number of hydrogen-bond donors (Lipinski definition) is 1. The van der Waals surface area contributed by atoms with Crippen LogP contribution in [0.25, 0.3) is 0 Å². The molecule has 1 aromatic rings. The van der Waals surface area contributed by atoms with Crippen molar-refractivity contribution in [3.8, 4) is 11.5 Å². The Labute approximate surface area is 97.6 Å². The van der Waals surface area contributed by atoms with E-state index in [1.807, 2.05) is 18.2 Å². The molecule has 0 amide bonds. The average Bonchev–Trinajstić information content (AvgIpc) is 2.35. The molecule has 0 spiro atoms. The lowest BCUT2D eigenvalue weighted by Crippen LogP contribution is -2.15. The van der Waals surface area contributed by atoms with Crippen LogP contribution in [0.3, 0.4) is 0 Å². The number of nitrogens with two attached hydrogens (primary N) is 1. The predicted octanol–water partition coefficient (Wildman–Crippen LogP) is 2.72. The van der Waals surface area contributed by atoms with Gasteiger partial charge in [0.05, 0.1) is 13.2 Å². The topological polar surface area (TPSA) is 44.5 Å². The first-order valence-corrected chi connectivity index (χ1v) is 5.78. The Bertz CT molecular complexity index is 322. The Morgan fingerprint density at radius 3 is 2.44 bits per heavy atom.